The van der Waals surface area contributed by atoms with Gasteiger partial charge in [-0.1, -0.05) is 12.1 Å². The standard InChI is InChI=1S/C15H18N2O7S/c1-16-25(20,21)12-7-5-4-6-11(12)17-9-24-8-10(14(18)22-2)13(17)15(19)23-3/h4-7,16H,8-9H2,1-3H3. The number of carbonyl (C=O) groups excluding carboxylic acids is 2. The first kappa shape index (κ1) is 18.9. The van der Waals surface area contributed by atoms with Crippen LogP contribution in [0.4, 0.5) is 5.69 Å². The molecule has 0 atom stereocenters. The Labute approximate surface area is 145 Å². The molecular formula is C15H18N2O7S. The Hall–Kier alpha value is -2.43. The van der Waals surface area contributed by atoms with Crippen molar-refractivity contribution >= 4 is 27.6 Å². The van der Waals surface area contributed by atoms with E-state index in [1.54, 1.807) is 12.1 Å². The molecular weight excluding hydrogens is 352 g/mol. The van der Waals surface area contributed by atoms with Gasteiger partial charge in [0.15, 0.2) is 0 Å². The maximum Gasteiger partial charge on any atom is 0.355 e. The molecule has 25 heavy (non-hydrogen) atoms. The fraction of sp³-hybridized carbons (Fsp3) is 0.333. The third-order valence-corrected chi connectivity index (χ3v) is 5.01. The number of hydrogen-bond acceptors (Lipinski definition) is 8. The molecule has 0 fully saturated rings. The lowest BCUT2D eigenvalue weighted by atomic mass is 10.1. The number of nitrogens with one attached hydrogen (secondary N) is 1. The number of esters is 2. The Kier molecular flexibility index (Phi) is 5.77. The first-order valence-electron chi connectivity index (χ1n) is 7.15. The molecule has 9 nitrogen and oxygen atoms in total. The molecule has 1 N–H and O–H groups in total. The minimum atomic E-state index is -3.82. The van der Waals surface area contributed by atoms with Gasteiger partial charge in [0.05, 0.1) is 32.1 Å². The largest absolute Gasteiger partial charge is 0.466 e. The number of hydrogen-bond donors (Lipinski definition) is 1. The Morgan fingerprint density at radius 2 is 1.80 bits per heavy atom. The zero-order valence-corrected chi connectivity index (χ0v) is 14.8. The van der Waals surface area contributed by atoms with E-state index in [-0.39, 0.29) is 35.2 Å². The molecule has 0 aromatic heterocycles. The number of benzene rings is 1. The highest BCUT2D eigenvalue weighted by Gasteiger charge is 2.34. The normalized spacial score (nSPS) is 15.1. The van der Waals surface area contributed by atoms with Crippen LogP contribution in [0, 0.1) is 0 Å². The van der Waals surface area contributed by atoms with Gasteiger partial charge in [0, 0.05) is 0 Å². The van der Waals surface area contributed by atoms with Crippen molar-refractivity contribution in [1.29, 1.82) is 0 Å². The maximum atomic E-state index is 12.3. The van der Waals surface area contributed by atoms with Crippen molar-refractivity contribution in [2.24, 2.45) is 0 Å². The van der Waals surface area contributed by atoms with Crippen molar-refractivity contribution < 1.29 is 32.2 Å². The van der Waals surface area contributed by atoms with Crippen LogP contribution in [-0.2, 0) is 33.8 Å². The second kappa shape index (κ2) is 7.64. The summed E-state index contributed by atoms with van der Waals surface area (Å²) in [5.41, 5.74) is -0.0186. The van der Waals surface area contributed by atoms with E-state index in [1.807, 2.05) is 0 Å². The van der Waals surface area contributed by atoms with E-state index in [0.717, 1.165) is 7.11 Å². The summed E-state index contributed by atoms with van der Waals surface area (Å²) in [4.78, 5) is 25.4. The predicted octanol–water partition coefficient (Wildman–Crippen LogP) is -0.0111. The summed E-state index contributed by atoms with van der Waals surface area (Å²) in [6, 6.07) is 6.02. The molecule has 0 spiro atoms. The van der Waals surface area contributed by atoms with Gasteiger partial charge in [0.1, 0.15) is 17.3 Å². The van der Waals surface area contributed by atoms with Gasteiger partial charge in [-0.3, -0.25) is 0 Å². The van der Waals surface area contributed by atoms with Gasteiger partial charge in [-0.2, -0.15) is 0 Å². The third kappa shape index (κ3) is 3.65. The van der Waals surface area contributed by atoms with Gasteiger partial charge >= 0.3 is 11.9 Å². The van der Waals surface area contributed by atoms with Gasteiger partial charge in [0.2, 0.25) is 10.0 Å². The van der Waals surface area contributed by atoms with Crippen LogP contribution in [0.3, 0.4) is 0 Å². The van der Waals surface area contributed by atoms with Crippen molar-refractivity contribution in [2.75, 3.05) is 39.5 Å². The molecule has 0 radical (unpaired) electrons. The smallest absolute Gasteiger partial charge is 0.355 e. The molecule has 2 rings (SSSR count). The molecule has 0 bridgehead atoms. The predicted molar refractivity (Wildman–Crippen MR) is 87.0 cm³/mol. The highest BCUT2D eigenvalue weighted by atomic mass is 32.2. The lowest BCUT2D eigenvalue weighted by Crippen LogP contribution is -2.39. The van der Waals surface area contributed by atoms with E-state index >= 15 is 0 Å². The summed E-state index contributed by atoms with van der Waals surface area (Å²) in [6.45, 7) is -0.296. The molecule has 1 aliphatic heterocycles. The molecule has 0 aliphatic carbocycles. The number of para-hydroxylation sites is 1. The Morgan fingerprint density at radius 1 is 1.16 bits per heavy atom. The average Bonchev–Trinajstić information content (AvgIpc) is 2.66. The fourth-order valence-corrected chi connectivity index (χ4v) is 3.28. The van der Waals surface area contributed by atoms with Crippen LogP contribution in [-0.4, -0.2) is 55.0 Å². The summed E-state index contributed by atoms with van der Waals surface area (Å²) < 4.78 is 41.5. The minimum Gasteiger partial charge on any atom is -0.466 e. The van der Waals surface area contributed by atoms with Crippen molar-refractivity contribution in [1.82, 2.24) is 4.72 Å². The van der Waals surface area contributed by atoms with Gasteiger partial charge in [-0.05, 0) is 19.2 Å². The molecule has 1 aromatic carbocycles. The summed E-state index contributed by atoms with van der Waals surface area (Å²) in [6.07, 6.45) is 0. The molecule has 10 heteroatoms. The van der Waals surface area contributed by atoms with E-state index in [2.05, 4.69) is 9.46 Å². The number of sulfonamides is 1. The van der Waals surface area contributed by atoms with Gasteiger partial charge < -0.3 is 19.1 Å². The second-order valence-electron chi connectivity index (χ2n) is 4.89. The van der Waals surface area contributed by atoms with E-state index in [9.17, 15) is 18.0 Å². The van der Waals surface area contributed by atoms with E-state index in [0.29, 0.717) is 0 Å². The Balaban J connectivity index is 2.69. The summed E-state index contributed by atoms with van der Waals surface area (Å²) in [7, 11) is -0.212. The topological polar surface area (TPSA) is 111 Å². The van der Waals surface area contributed by atoms with Crippen molar-refractivity contribution in [2.45, 2.75) is 4.90 Å². The zero-order chi connectivity index (χ0) is 18.6. The van der Waals surface area contributed by atoms with Crippen LogP contribution < -0.4 is 9.62 Å². The number of nitrogens with zero attached hydrogens (tertiary/aromatic N) is 1. The molecule has 136 valence electrons. The molecule has 0 amide bonds. The highest BCUT2D eigenvalue weighted by molar-refractivity contribution is 7.89. The monoisotopic (exact) mass is 370 g/mol. The summed E-state index contributed by atoms with van der Waals surface area (Å²) in [5, 5.41) is 0. The number of anilines is 1. The van der Waals surface area contributed by atoms with Crippen LogP contribution in [0.1, 0.15) is 0 Å². The molecule has 0 saturated heterocycles. The van der Waals surface area contributed by atoms with Gasteiger partial charge in [-0.15, -0.1) is 0 Å². The van der Waals surface area contributed by atoms with Gasteiger partial charge in [-0.25, -0.2) is 22.7 Å². The lowest BCUT2D eigenvalue weighted by Gasteiger charge is -2.32. The minimum absolute atomic E-state index is 0.0581. The highest BCUT2D eigenvalue weighted by Crippen LogP contribution is 2.31. The third-order valence-electron chi connectivity index (χ3n) is 3.55. The zero-order valence-electron chi connectivity index (χ0n) is 13.9. The molecule has 1 heterocycles. The number of methoxy groups -OCH3 is 2. The Morgan fingerprint density at radius 3 is 2.40 bits per heavy atom. The quantitative estimate of drug-likeness (QED) is 0.721. The number of ether oxygens (including phenoxy) is 3. The summed E-state index contributed by atoms with van der Waals surface area (Å²) >= 11 is 0. The first-order chi connectivity index (χ1) is 11.9. The molecule has 0 unspecified atom stereocenters. The average molecular weight is 370 g/mol. The van der Waals surface area contributed by atoms with Crippen LogP contribution in [0.15, 0.2) is 40.4 Å². The van der Waals surface area contributed by atoms with E-state index < -0.39 is 22.0 Å². The summed E-state index contributed by atoms with van der Waals surface area (Å²) in [5.74, 6) is -1.57. The van der Waals surface area contributed by atoms with E-state index in [4.69, 9.17) is 9.47 Å². The van der Waals surface area contributed by atoms with Crippen molar-refractivity contribution in [3.05, 3.63) is 35.5 Å². The Bertz CT molecular complexity index is 817. The SMILES string of the molecule is CNS(=O)(=O)c1ccccc1N1COCC(C(=O)OC)=C1C(=O)OC. The van der Waals surface area contributed by atoms with E-state index in [1.165, 1.54) is 31.2 Å². The van der Waals surface area contributed by atoms with Crippen molar-refractivity contribution in [3.63, 3.8) is 0 Å². The lowest BCUT2D eigenvalue weighted by molar-refractivity contribution is -0.140. The number of carbonyl (C=O) groups is 2. The fourth-order valence-electron chi connectivity index (χ4n) is 2.35. The molecule has 1 aliphatic rings. The first-order valence-corrected chi connectivity index (χ1v) is 8.63. The van der Waals surface area contributed by atoms with Crippen LogP contribution in [0.5, 0.6) is 0 Å². The van der Waals surface area contributed by atoms with Gasteiger partial charge in [0.25, 0.3) is 0 Å². The molecule has 1 aromatic rings. The second-order valence-corrected chi connectivity index (χ2v) is 6.75. The van der Waals surface area contributed by atoms with Crippen LogP contribution >= 0.6 is 0 Å². The number of rotatable bonds is 5. The molecule has 0 saturated carbocycles. The van der Waals surface area contributed by atoms with Crippen molar-refractivity contribution in [3.8, 4) is 0 Å². The van der Waals surface area contributed by atoms with Crippen LogP contribution in [0.2, 0.25) is 0 Å². The van der Waals surface area contributed by atoms with Crippen LogP contribution in [0.25, 0.3) is 0 Å². The maximum absolute atomic E-state index is 12.3.